The van der Waals surface area contributed by atoms with Gasteiger partial charge < -0.3 is 15.0 Å². The zero-order valence-corrected chi connectivity index (χ0v) is 9.93. The van der Waals surface area contributed by atoms with Crippen LogP contribution in [0.5, 0.6) is 0 Å². The Labute approximate surface area is 101 Å². The van der Waals surface area contributed by atoms with E-state index in [1.165, 1.54) is 0 Å². The molecule has 1 aromatic rings. The highest BCUT2D eigenvalue weighted by Gasteiger charge is 2.18. The summed E-state index contributed by atoms with van der Waals surface area (Å²) in [5.41, 5.74) is 0.870. The third-order valence-electron chi connectivity index (χ3n) is 2.77. The number of hydrogen-bond donors (Lipinski definition) is 1. The summed E-state index contributed by atoms with van der Waals surface area (Å²) >= 11 is 0. The van der Waals surface area contributed by atoms with E-state index in [1.807, 2.05) is 25.1 Å². The van der Waals surface area contributed by atoms with Crippen LogP contribution in [0.4, 0.5) is 4.79 Å². The maximum atomic E-state index is 11.9. The van der Waals surface area contributed by atoms with E-state index in [0.29, 0.717) is 26.3 Å². The van der Waals surface area contributed by atoms with E-state index in [4.69, 9.17) is 4.74 Å². The van der Waals surface area contributed by atoms with E-state index in [-0.39, 0.29) is 12.1 Å². The average molecular weight is 235 g/mol. The number of carbonyl (C=O) groups is 1. The number of carbonyl (C=O) groups excluding carboxylic acids is 1. The van der Waals surface area contributed by atoms with Gasteiger partial charge >= 0.3 is 6.03 Å². The van der Waals surface area contributed by atoms with Gasteiger partial charge in [0.2, 0.25) is 0 Å². The first-order valence-corrected chi connectivity index (χ1v) is 5.81. The van der Waals surface area contributed by atoms with Gasteiger partial charge in [-0.25, -0.2) is 4.79 Å². The second-order valence-electron chi connectivity index (χ2n) is 4.03. The average Bonchev–Trinajstić information content (AvgIpc) is 2.40. The molecule has 1 fully saturated rings. The normalized spacial score (nSPS) is 17.6. The van der Waals surface area contributed by atoms with Crippen LogP contribution in [0.2, 0.25) is 0 Å². The number of pyridine rings is 1. The number of aromatic nitrogens is 1. The fourth-order valence-electron chi connectivity index (χ4n) is 1.75. The van der Waals surface area contributed by atoms with Gasteiger partial charge in [0.1, 0.15) is 0 Å². The molecule has 5 nitrogen and oxygen atoms in total. The lowest BCUT2D eigenvalue weighted by Gasteiger charge is -2.28. The number of rotatable bonds is 2. The second-order valence-corrected chi connectivity index (χ2v) is 4.03. The minimum atomic E-state index is -0.0773. The molecule has 1 unspecified atom stereocenters. The van der Waals surface area contributed by atoms with Gasteiger partial charge in [0.05, 0.1) is 24.9 Å². The molecular formula is C12H17N3O2. The summed E-state index contributed by atoms with van der Waals surface area (Å²) in [5, 5.41) is 2.93. The predicted molar refractivity (Wildman–Crippen MR) is 63.6 cm³/mol. The Balaban J connectivity index is 1.89. The molecule has 0 saturated carbocycles. The zero-order chi connectivity index (χ0) is 12.1. The molecule has 0 aromatic carbocycles. The molecule has 17 heavy (non-hydrogen) atoms. The fraction of sp³-hybridized carbons (Fsp3) is 0.500. The highest BCUT2D eigenvalue weighted by Crippen LogP contribution is 2.09. The number of urea groups is 1. The van der Waals surface area contributed by atoms with Crippen LogP contribution in [0.3, 0.4) is 0 Å². The van der Waals surface area contributed by atoms with Gasteiger partial charge in [-0.1, -0.05) is 6.07 Å². The van der Waals surface area contributed by atoms with Crippen molar-refractivity contribution >= 4 is 6.03 Å². The topological polar surface area (TPSA) is 54.5 Å². The van der Waals surface area contributed by atoms with E-state index < -0.39 is 0 Å². The van der Waals surface area contributed by atoms with Crippen LogP contribution in [-0.2, 0) is 4.74 Å². The van der Waals surface area contributed by atoms with Crippen molar-refractivity contribution in [1.29, 1.82) is 0 Å². The van der Waals surface area contributed by atoms with Crippen molar-refractivity contribution in [3.63, 3.8) is 0 Å². The van der Waals surface area contributed by atoms with E-state index in [2.05, 4.69) is 10.3 Å². The molecule has 0 aliphatic carbocycles. The summed E-state index contributed by atoms with van der Waals surface area (Å²) < 4.78 is 5.21. The van der Waals surface area contributed by atoms with Crippen molar-refractivity contribution in [1.82, 2.24) is 15.2 Å². The van der Waals surface area contributed by atoms with Crippen LogP contribution in [0.15, 0.2) is 24.4 Å². The molecule has 1 aliphatic heterocycles. The highest BCUT2D eigenvalue weighted by atomic mass is 16.5. The SMILES string of the molecule is CC(NC(=O)N1CCOCC1)c1ccccn1. The Kier molecular flexibility index (Phi) is 3.93. The molecule has 92 valence electrons. The van der Waals surface area contributed by atoms with Crippen LogP contribution in [0, 0.1) is 0 Å². The monoisotopic (exact) mass is 235 g/mol. The summed E-state index contributed by atoms with van der Waals surface area (Å²) in [6.45, 7) is 4.47. The summed E-state index contributed by atoms with van der Waals surface area (Å²) in [5.74, 6) is 0. The van der Waals surface area contributed by atoms with Gasteiger partial charge in [0, 0.05) is 19.3 Å². The summed E-state index contributed by atoms with van der Waals surface area (Å²) in [6, 6.07) is 5.56. The molecule has 1 N–H and O–H groups in total. The number of hydrogen-bond acceptors (Lipinski definition) is 3. The van der Waals surface area contributed by atoms with Crippen molar-refractivity contribution in [2.24, 2.45) is 0 Å². The Morgan fingerprint density at radius 1 is 1.47 bits per heavy atom. The summed E-state index contributed by atoms with van der Waals surface area (Å²) in [6.07, 6.45) is 1.73. The Bertz CT molecular complexity index is 363. The number of ether oxygens (including phenoxy) is 1. The molecule has 2 rings (SSSR count). The molecule has 1 saturated heterocycles. The van der Waals surface area contributed by atoms with Crippen molar-refractivity contribution in [2.75, 3.05) is 26.3 Å². The van der Waals surface area contributed by atoms with Gasteiger partial charge in [-0.2, -0.15) is 0 Å². The van der Waals surface area contributed by atoms with E-state index in [9.17, 15) is 4.79 Å². The van der Waals surface area contributed by atoms with Gasteiger partial charge in [-0.3, -0.25) is 4.98 Å². The second kappa shape index (κ2) is 5.63. The lowest BCUT2D eigenvalue weighted by molar-refractivity contribution is 0.0526. The maximum absolute atomic E-state index is 11.9. The van der Waals surface area contributed by atoms with Crippen LogP contribution in [0.1, 0.15) is 18.7 Å². The third-order valence-corrected chi connectivity index (χ3v) is 2.77. The maximum Gasteiger partial charge on any atom is 0.318 e. The van der Waals surface area contributed by atoms with Gasteiger partial charge in [0.15, 0.2) is 0 Å². The lowest BCUT2D eigenvalue weighted by atomic mass is 10.2. The molecule has 5 heteroatoms. The molecule has 1 aromatic heterocycles. The lowest BCUT2D eigenvalue weighted by Crippen LogP contribution is -2.46. The molecule has 0 bridgehead atoms. The quantitative estimate of drug-likeness (QED) is 0.837. The van der Waals surface area contributed by atoms with Gasteiger partial charge in [-0.15, -0.1) is 0 Å². The minimum Gasteiger partial charge on any atom is -0.378 e. The first-order chi connectivity index (χ1) is 8.27. The molecule has 1 aliphatic rings. The summed E-state index contributed by atoms with van der Waals surface area (Å²) in [4.78, 5) is 17.9. The largest absolute Gasteiger partial charge is 0.378 e. The molecule has 2 amide bonds. The minimum absolute atomic E-state index is 0.0496. The van der Waals surface area contributed by atoms with E-state index >= 15 is 0 Å². The number of nitrogens with one attached hydrogen (secondary N) is 1. The number of amides is 2. The van der Waals surface area contributed by atoms with Gasteiger partial charge in [0.25, 0.3) is 0 Å². The van der Waals surface area contributed by atoms with Gasteiger partial charge in [-0.05, 0) is 19.1 Å². The number of nitrogens with zero attached hydrogens (tertiary/aromatic N) is 2. The first kappa shape index (κ1) is 11.9. The highest BCUT2D eigenvalue weighted by molar-refractivity contribution is 5.74. The third kappa shape index (κ3) is 3.17. The van der Waals surface area contributed by atoms with Crippen LogP contribution in [-0.4, -0.2) is 42.2 Å². The number of morpholine rings is 1. The summed E-state index contributed by atoms with van der Waals surface area (Å²) in [7, 11) is 0. The van der Waals surface area contributed by atoms with Crippen LogP contribution >= 0.6 is 0 Å². The van der Waals surface area contributed by atoms with Crippen molar-refractivity contribution in [3.05, 3.63) is 30.1 Å². The Morgan fingerprint density at radius 3 is 2.88 bits per heavy atom. The Hall–Kier alpha value is -1.62. The van der Waals surface area contributed by atoms with Crippen molar-refractivity contribution < 1.29 is 9.53 Å². The molecule has 0 spiro atoms. The molecule has 0 radical (unpaired) electrons. The molecule has 1 atom stereocenters. The molecule has 2 heterocycles. The van der Waals surface area contributed by atoms with Crippen molar-refractivity contribution in [3.8, 4) is 0 Å². The standard InChI is InChI=1S/C12H17N3O2/c1-10(11-4-2-3-5-13-11)14-12(16)15-6-8-17-9-7-15/h2-5,10H,6-9H2,1H3,(H,14,16). The molecular weight excluding hydrogens is 218 g/mol. The zero-order valence-electron chi connectivity index (χ0n) is 9.93. The van der Waals surface area contributed by atoms with Crippen LogP contribution in [0.25, 0.3) is 0 Å². The van der Waals surface area contributed by atoms with Crippen molar-refractivity contribution in [2.45, 2.75) is 13.0 Å². The van der Waals surface area contributed by atoms with Crippen LogP contribution < -0.4 is 5.32 Å². The Morgan fingerprint density at radius 2 is 2.24 bits per heavy atom. The van der Waals surface area contributed by atoms with E-state index in [0.717, 1.165) is 5.69 Å². The smallest absolute Gasteiger partial charge is 0.318 e. The predicted octanol–water partition coefficient (Wildman–Crippen LogP) is 1.18. The first-order valence-electron chi connectivity index (χ1n) is 5.81. The van der Waals surface area contributed by atoms with E-state index in [1.54, 1.807) is 11.1 Å². The fourth-order valence-corrected chi connectivity index (χ4v) is 1.75.